The van der Waals surface area contributed by atoms with Crippen LogP contribution in [0.2, 0.25) is 0 Å². The summed E-state index contributed by atoms with van der Waals surface area (Å²) in [5, 5.41) is 2.79. The second kappa shape index (κ2) is 10.7. The van der Waals surface area contributed by atoms with E-state index in [1.54, 1.807) is 55.9 Å². The second-order valence-corrected chi connectivity index (χ2v) is 10.5. The fourth-order valence-electron chi connectivity index (χ4n) is 3.60. The maximum atomic E-state index is 13.7. The first-order chi connectivity index (χ1) is 16.7. The van der Waals surface area contributed by atoms with Crippen molar-refractivity contribution in [3.8, 4) is 5.75 Å². The number of hydrogen-bond acceptors (Lipinski definition) is 10. The standard InChI is InChI=1S/C22H29N6O6P/c1-14(2)33-22(29)15(3)27-35(30,34-16-7-5-4-6-8-16)13-32-17-9-18(31-10-17)28-12-26-19-20(23)24-11-25-21(19)28/h4-8,11-12,14-15,17-18H,9-10,13H2,1-3H3,(H,27,30)(H2,23,24,25)/t15-,17+,18+,35?/m0/s1. The van der Waals surface area contributed by atoms with E-state index in [2.05, 4.69) is 20.0 Å². The molecule has 0 aliphatic carbocycles. The molecule has 12 nitrogen and oxygen atoms in total. The van der Waals surface area contributed by atoms with Crippen molar-refractivity contribution in [3.05, 3.63) is 43.0 Å². The van der Waals surface area contributed by atoms with Crippen molar-refractivity contribution in [2.75, 3.05) is 18.7 Å². The molecule has 1 aliphatic heterocycles. The van der Waals surface area contributed by atoms with Gasteiger partial charge in [-0.05, 0) is 32.9 Å². The average Bonchev–Trinajstić information content (AvgIpc) is 3.45. The zero-order valence-electron chi connectivity index (χ0n) is 19.7. The van der Waals surface area contributed by atoms with Crippen LogP contribution in [0.25, 0.3) is 11.2 Å². The maximum Gasteiger partial charge on any atom is 0.342 e. The number of para-hydroxylation sites is 1. The van der Waals surface area contributed by atoms with Gasteiger partial charge in [0.2, 0.25) is 0 Å². The van der Waals surface area contributed by atoms with E-state index in [1.807, 2.05) is 6.07 Å². The number of anilines is 1. The third-order valence-electron chi connectivity index (χ3n) is 5.21. The molecule has 1 aliphatic rings. The van der Waals surface area contributed by atoms with Gasteiger partial charge in [-0.25, -0.2) is 20.0 Å². The number of fused-ring (bicyclic) bond motifs is 1. The summed E-state index contributed by atoms with van der Waals surface area (Å²) in [6.45, 7) is 5.32. The first-order valence-electron chi connectivity index (χ1n) is 11.2. The van der Waals surface area contributed by atoms with Crippen LogP contribution in [0.5, 0.6) is 5.75 Å². The van der Waals surface area contributed by atoms with Gasteiger partial charge < -0.3 is 24.5 Å². The number of imidazole rings is 1. The lowest BCUT2D eigenvalue weighted by molar-refractivity contribution is -0.149. The highest BCUT2D eigenvalue weighted by molar-refractivity contribution is 7.57. The number of nitrogens with two attached hydrogens (primary N) is 1. The van der Waals surface area contributed by atoms with E-state index in [9.17, 15) is 9.36 Å². The fourth-order valence-corrected chi connectivity index (χ4v) is 5.34. The minimum Gasteiger partial charge on any atom is -0.462 e. The molecule has 1 saturated heterocycles. The predicted octanol–water partition coefficient (Wildman–Crippen LogP) is 2.87. The Bertz CT molecular complexity index is 1210. The molecule has 0 saturated carbocycles. The van der Waals surface area contributed by atoms with Crippen LogP contribution in [0, 0.1) is 0 Å². The highest BCUT2D eigenvalue weighted by Crippen LogP contribution is 2.44. The quantitative estimate of drug-likeness (QED) is 0.309. The van der Waals surface area contributed by atoms with Gasteiger partial charge in [0.25, 0.3) is 0 Å². The summed E-state index contributed by atoms with van der Waals surface area (Å²) >= 11 is 0. The Balaban J connectivity index is 1.43. The Morgan fingerprint density at radius 1 is 1.26 bits per heavy atom. The van der Waals surface area contributed by atoms with Gasteiger partial charge in [-0.15, -0.1) is 0 Å². The highest BCUT2D eigenvalue weighted by Gasteiger charge is 2.35. The molecule has 1 aromatic carbocycles. The van der Waals surface area contributed by atoms with Crippen LogP contribution in [0.15, 0.2) is 43.0 Å². The average molecular weight is 504 g/mol. The Hall–Kier alpha value is -3.05. The van der Waals surface area contributed by atoms with Crippen molar-refractivity contribution in [3.63, 3.8) is 0 Å². The lowest BCUT2D eigenvalue weighted by Gasteiger charge is -2.25. The summed E-state index contributed by atoms with van der Waals surface area (Å²) in [6.07, 6.45) is 2.09. The predicted molar refractivity (Wildman–Crippen MR) is 128 cm³/mol. The van der Waals surface area contributed by atoms with E-state index in [1.165, 1.54) is 6.33 Å². The summed E-state index contributed by atoms with van der Waals surface area (Å²) in [5.41, 5.74) is 6.91. The van der Waals surface area contributed by atoms with Gasteiger partial charge in [-0.2, -0.15) is 0 Å². The number of ether oxygens (including phenoxy) is 3. The molecule has 35 heavy (non-hydrogen) atoms. The van der Waals surface area contributed by atoms with Crippen molar-refractivity contribution in [1.29, 1.82) is 0 Å². The van der Waals surface area contributed by atoms with Crippen LogP contribution in [0.4, 0.5) is 5.82 Å². The van der Waals surface area contributed by atoms with Crippen LogP contribution in [0.3, 0.4) is 0 Å². The van der Waals surface area contributed by atoms with Crippen LogP contribution < -0.4 is 15.3 Å². The SMILES string of the molecule is CC(C)OC(=O)[C@H](C)NP(=O)(CO[C@H]1CO[C@@H](n2cnc3c(N)ncnc32)C1)Oc1ccccc1. The Morgan fingerprint density at radius 2 is 2.03 bits per heavy atom. The lowest BCUT2D eigenvalue weighted by Crippen LogP contribution is -2.37. The molecule has 0 bridgehead atoms. The van der Waals surface area contributed by atoms with Crippen molar-refractivity contribution < 1.29 is 28.1 Å². The van der Waals surface area contributed by atoms with E-state index in [-0.39, 0.29) is 37.2 Å². The van der Waals surface area contributed by atoms with Crippen LogP contribution in [-0.4, -0.2) is 56.7 Å². The third-order valence-corrected chi connectivity index (χ3v) is 6.98. The van der Waals surface area contributed by atoms with Gasteiger partial charge in [0.05, 0.1) is 25.1 Å². The molecule has 4 rings (SSSR count). The number of nitrogens with zero attached hydrogens (tertiary/aromatic N) is 4. The molecule has 13 heteroatoms. The number of benzene rings is 1. The van der Waals surface area contributed by atoms with Crippen LogP contribution in [-0.2, 0) is 23.6 Å². The molecule has 1 unspecified atom stereocenters. The number of aromatic nitrogens is 4. The van der Waals surface area contributed by atoms with E-state index < -0.39 is 19.5 Å². The van der Waals surface area contributed by atoms with E-state index in [0.29, 0.717) is 23.3 Å². The molecule has 0 spiro atoms. The number of carbonyl (C=O) groups is 1. The minimum absolute atomic E-state index is 0.265. The normalized spacial score (nSPS) is 20.6. The maximum absolute atomic E-state index is 13.7. The largest absolute Gasteiger partial charge is 0.462 e. The van der Waals surface area contributed by atoms with E-state index >= 15 is 0 Å². The summed E-state index contributed by atoms with van der Waals surface area (Å²) < 4.78 is 38.3. The zero-order valence-corrected chi connectivity index (χ0v) is 20.6. The summed E-state index contributed by atoms with van der Waals surface area (Å²) in [5.74, 6) is 0.142. The van der Waals surface area contributed by atoms with Gasteiger partial charge in [-0.3, -0.25) is 13.9 Å². The first-order valence-corrected chi connectivity index (χ1v) is 13.0. The first kappa shape index (κ1) is 25.1. The fraction of sp³-hybridized carbons (Fsp3) is 0.455. The molecule has 2 aromatic heterocycles. The topological polar surface area (TPSA) is 153 Å². The van der Waals surface area contributed by atoms with Gasteiger partial charge in [0.1, 0.15) is 36.2 Å². The molecule has 3 N–H and O–H groups in total. The van der Waals surface area contributed by atoms with E-state index in [0.717, 1.165) is 0 Å². The minimum atomic E-state index is -3.66. The molecule has 1 fully saturated rings. The van der Waals surface area contributed by atoms with Crippen molar-refractivity contribution in [2.24, 2.45) is 0 Å². The zero-order chi connectivity index (χ0) is 25.0. The number of nitrogens with one attached hydrogen (secondary N) is 1. The van der Waals surface area contributed by atoms with Gasteiger partial charge in [-0.1, -0.05) is 18.2 Å². The molecular formula is C22H29N6O6P. The summed E-state index contributed by atoms with van der Waals surface area (Å²) in [6, 6.07) is 7.83. The number of rotatable bonds is 10. The van der Waals surface area contributed by atoms with Gasteiger partial charge >= 0.3 is 13.5 Å². The number of carbonyl (C=O) groups excluding carboxylic acids is 1. The van der Waals surface area contributed by atoms with E-state index in [4.69, 9.17) is 24.5 Å². The lowest BCUT2D eigenvalue weighted by atomic mass is 10.3. The van der Waals surface area contributed by atoms with Gasteiger partial charge in [0.15, 0.2) is 11.5 Å². The molecule has 0 radical (unpaired) electrons. The number of nitrogen functional groups attached to an aromatic ring is 1. The third kappa shape index (κ3) is 6.15. The van der Waals surface area contributed by atoms with Crippen molar-refractivity contribution in [2.45, 2.75) is 51.7 Å². The number of esters is 1. The smallest absolute Gasteiger partial charge is 0.342 e. The van der Waals surface area contributed by atoms with Crippen molar-refractivity contribution >= 4 is 30.5 Å². The monoisotopic (exact) mass is 504 g/mol. The Kier molecular flexibility index (Phi) is 7.66. The van der Waals surface area contributed by atoms with Crippen LogP contribution >= 0.6 is 7.52 Å². The summed E-state index contributed by atoms with van der Waals surface area (Å²) in [7, 11) is -3.66. The summed E-state index contributed by atoms with van der Waals surface area (Å²) in [4.78, 5) is 24.8. The molecule has 4 atom stereocenters. The van der Waals surface area contributed by atoms with Gasteiger partial charge in [0, 0.05) is 6.42 Å². The Labute approximate surface area is 202 Å². The number of hydrogen-bond donors (Lipinski definition) is 2. The molecule has 3 heterocycles. The Morgan fingerprint density at radius 3 is 2.77 bits per heavy atom. The van der Waals surface area contributed by atoms with Crippen molar-refractivity contribution in [1.82, 2.24) is 24.6 Å². The molecule has 188 valence electrons. The van der Waals surface area contributed by atoms with Crippen LogP contribution in [0.1, 0.15) is 33.4 Å². The molecule has 0 amide bonds. The highest BCUT2D eigenvalue weighted by atomic mass is 31.2. The second-order valence-electron chi connectivity index (χ2n) is 8.44. The molecule has 3 aromatic rings. The molecular weight excluding hydrogens is 475 g/mol.